The molecule has 3 aromatic heterocycles. The molecule has 6 heteroatoms. The molecule has 10 aromatic rings. The third-order valence-electron chi connectivity index (χ3n) is 11.7. The number of hydrogen-bond donors (Lipinski definition) is 0. The van der Waals surface area contributed by atoms with E-state index in [0.717, 1.165) is 44.8 Å². The number of aromatic nitrogens is 3. The SMILES string of the molecule is Cc1ccc2c(c1)sc1c(-c3nc4cc5ccccc5cc4n3-c3c(C)cccc3C)[c-]cc(C)c12.[2H]C(C)(C)c1cc(-c2[c-]ccc(-c3ccccc3)c2)ncc1[Si](C)(C)C.[Ir]. The molecule has 1 radical (unpaired) electrons. The van der Waals surface area contributed by atoms with Crippen molar-refractivity contribution < 1.29 is 21.5 Å². The number of benzene rings is 7. The van der Waals surface area contributed by atoms with E-state index >= 15 is 0 Å². The monoisotopic (exact) mass is 1020 g/mol. The van der Waals surface area contributed by atoms with Crippen LogP contribution in [0.3, 0.4) is 0 Å². The quantitative estimate of drug-likeness (QED) is 0.123. The molecule has 0 saturated carbocycles. The molecule has 3 nitrogen and oxygen atoms in total. The minimum absolute atomic E-state index is 0. The zero-order valence-corrected chi connectivity index (χ0v) is 41.1. The fourth-order valence-electron chi connectivity index (χ4n) is 8.61. The first-order valence-electron chi connectivity index (χ1n) is 21.6. The summed E-state index contributed by atoms with van der Waals surface area (Å²) in [5, 5.41) is 6.32. The van der Waals surface area contributed by atoms with Crippen molar-refractivity contribution in [1.29, 1.82) is 0 Å². The average molecular weight is 1020 g/mol. The Morgan fingerprint density at radius 2 is 1.44 bits per heavy atom. The number of hydrogen-bond acceptors (Lipinski definition) is 3. The standard InChI is InChI=1S/C33H25N2S.C23H26NSi.Ir/c1-19-12-14-25-29(16-19)36-32-26(15-13-20(2)30(25)32)33-34-27-17-23-10-5-6-11-24(23)18-28(27)35(33)31-21(3)8-7-9-22(31)4;1-17(2)21-15-22(24-16-23(21)25(3,4)5)20-13-9-12-19(14-20)18-10-7-6-8-11-18;/h5-14,16-18H,1-4H3;6-12,14-17H,1-5H3;/q2*-1;/i;17D;. The van der Waals surface area contributed by atoms with Crippen LogP contribution in [-0.4, -0.2) is 22.6 Å². The smallest absolute Gasteiger partial charge is 0.0799 e. The van der Waals surface area contributed by atoms with Crippen molar-refractivity contribution in [3.63, 3.8) is 0 Å². The zero-order chi connectivity index (χ0) is 43.5. The van der Waals surface area contributed by atoms with E-state index in [9.17, 15) is 0 Å². The van der Waals surface area contributed by atoms with Crippen LogP contribution in [0.1, 0.15) is 48.9 Å². The Morgan fingerprint density at radius 1 is 0.726 bits per heavy atom. The minimum atomic E-state index is -1.57. The Labute approximate surface area is 386 Å². The largest absolute Gasteiger partial charge is 0.333 e. The summed E-state index contributed by atoms with van der Waals surface area (Å²) >= 11 is 1.85. The van der Waals surface area contributed by atoms with Crippen molar-refractivity contribution in [2.24, 2.45) is 0 Å². The van der Waals surface area contributed by atoms with E-state index in [-0.39, 0.29) is 20.1 Å². The topological polar surface area (TPSA) is 30.7 Å². The van der Waals surface area contributed by atoms with Gasteiger partial charge in [0.2, 0.25) is 0 Å². The summed E-state index contributed by atoms with van der Waals surface area (Å²) in [4.78, 5) is 10.0. The summed E-state index contributed by atoms with van der Waals surface area (Å²) in [6, 6.07) is 54.0. The number of imidazole rings is 1. The van der Waals surface area contributed by atoms with Crippen LogP contribution in [0.15, 0.2) is 140 Å². The predicted molar refractivity (Wildman–Crippen MR) is 266 cm³/mol. The maximum Gasteiger partial charge on any atom is 0.0799 e. The summed E-state index contributed by atoms with van der Waals surface area (Å²) < 4.78 is 13.5. The molecule has 0 fully saturated rings. The Hall–Kier alpha value is -5.49. The fourth-order valence-corrected chi connectivity index (χ4v) is 11.6. The van der Waals surface area contributed by atoms with Crippen LogP contribution < -0.4 is 5.19 Å². The number of rotatable bonds is 6. The van der Waals surface area contributed by atoms with Gasteiger partial charge in [-0.1, -0.05) is 148 Å². The van der Waals surface area contributed by atoms with Gasteiger partial charge in [0.25, 0.3) is 0 Å². The summed E-state index contributed by atoms with van der Waals surface area (Å²) in [6.45, 7) is 19.6. The van der Waals surface area contributed by atoms with Crippen LogP contribution in [0.25, 0.3) is 81.4 Å². The zero-order valence-electron chi connectivity index (χ0n) is 37.9. The van der Waals surface area contributed by atoms with Gasteiger partial charge < -0.3 is 9.55 Å². The van der Waals surface area contributed by atoms with Crippen molar-refractivity contribution in [2.75, 3.05) is 0 Å². The van der Waals surface area contributed by atoms with Gasteiger partial charge in [0, 0.05) is 38.1 Å². The Balaban J connectivity index is 0.000000180. The van der Waals surface area contributed by atoms with Crippen molar-refractivity contribution in [3.05, 3.63) is 180 Å². The van der Waals surface area contributed by atoms with E-state index in [1.165, 1.54) is 69.6 Å². The third-order valence-corrected chi connectivity index (χ3v) is 14.9. The van der Waals surface area contributed by atoms with Crippen LogP contribution in [0, 0.1) is 39.8 Å². The van der Waals surface area contributed by atoms with Gasteiger partial charge in [-0.05, 0) is 98.9 Å². The van der Waals surface area contributed by atoms with E-state index < -0.39 is 14.0 Å². The molecule has 0 spiro atoms. The minimum Gasteiger partial charge on any atom is -0.333 e. The van der Waals surface area contributed by atoms with Gasteiger partial charge in [0.15, 0.2) is 0 Å². The van der Waals surface area contributed by atoms with E-state index in [1.807, 2.05) is 55.6 Å². The number of nitrogens with zero attached hydrogens (tertiary/aromatic N) is 3. The van der Waals surface area contributed by atoms with E-state index in [0.29, 0.717) is 0 Å². The Morgan fingerprint density at radius 3 is 2.15 bits per heavy atom. The second kappa shape index (κ2) is 17.3. The number of aryl methyl sites for hydroxylation is 4. The van der Waals surface area contributed by atoms with E-state index in [2.05, 4.69) is 173 Å². The number of para-hydroxylation sites is 1. The van der Waals surface area contributed by atoms with Crippen molar-refractivity contribution in [2.45, 2.75) is 67.1 Å². The first-order valence-corrected chi connectivity index (χ1v) is 25.4. The summed E-state index contributed by atoms with van der Waals surface area (Å²) in [5.41, 5.74) is 14.7. The Bertz CT molecular complexity index is 3300. The molecule has 0 saturated heterocycles. The third kappa shape index (κ3) is 8.13. The normalized spacial score (nSPS) is 12.0. The molecule has 0 aliphatic carbocycles. The van der Waals surface area contributed by atoms with Gasteiger partial charge >= 0.3 is 0 Å². The second-order valence-corrected chi connectivity index (χ2v) is 23.7. The molecule has 62 heavy (non-hydrogen) atoms. The average Bonchev–Trinajstić information content (AvgIpc) is 3.81. The van der Waals surface area contributed by atoms with Gasteiger partial charge in [-0.15, -0.1) is 53.1 Å². The van der Waals surface area contributed by atoms with Gasteiger partial charge in [0.1, 0.15) is 0 Å². The number of fused-ring (bicyclic) bond motifs is 5. The van der Waals surface area contributed by atoms with Crippen LogP contribution in [-0.2, 0) is 20.1 Å². The molecule has 0 aliphatic rings. The van der Waals surface area contributed by atoms with Crippen LogP contribution in [0.2, 0.25) is 19.6 Å². The fraction of sp³-hybridized carbons (Fsp3) is 0.179. The maximum absolute atomic E-state index is 8.61. The van der Waals surface area contributed by atoms with Gasteiger partial charge in [0.05, 0.1) is 24.9 Å². The molecule has 0 amide bonds. The molecule has 0 N–H and O–H groups in total. The molecule has 0 unspecified atom stereocenters. The molecule has 0 atom stereocenters. The summed E-state index contributed by atoms with van der Waals surface area (Å²) in [5.74, 6) is 0.302. The summed E-state index contributed by atoms with van der Waals surface area (Å²) in [6.07, 6.45) is 2.00. The van der Waals surface area contributed by atoms with Crippen LogP contribution >= 0.6 is 11.3 Å². The van der Waals surface area contributed by atoms with Crippen molar-refractivity contribution in [1.82, 2.24) is 14.5 Å². The number of pyridine rings is 1. The molecule has 10 rings (SSSR count). The molecule has 311 valence electrons. The van der Waals surface area contributed by atoms with Gasteiger partial charge in [-0.25, -0.2) is 0 Å². The van der Waals surface area contributed by atoms with Gasteiger partial charge in [-0.3, -0.25) is 4.98 Å². The first kappa shape index (κ1) is 41.8. The van der Waals surface area contributed by atoms with Crippen molar-refractivity contribution >= 4 is 66.6 Å². The van der Waals surface area contributed by atoms with E-state index in [4.69, 9.17) is 11.3 Å². The second-order valence-electron chi connectivity index (χ2n) is 17.6. The molecule has 3 heterocycles. The van der Waals surface area contributed by atoms with Crippen LogP contribution in [0.4, 0.5) is 0 Å². The maximum atomic E-state index is 8.61. The van der Waals surface area contributed by atoms with Gasteiger partial charge in [-0.2, -0.15) is 11.3 Å². The van der Waals surface area contributed by atoms with Crippen LogP contribution in [0.5, 0.6) is 0 Å². The van der Waals surface area contributed by atoms with E-state index in [1.54, 1.807) is 0 Å². The molecular formula is C56H51IrN3SSi-2. The van der Waals surface area contributed by atoms with Crippen molar-refractivity contribution in [3.8, 4) is 39.5 Å². The molecular weight excluding hydrogens is 967 g/mol. The first-order chi connectivity index (χ1) is 29.7. The predicted octanol–water partition coefficient (Wildman–Crippen LogP) is 15.1. The molecule has 0 aliphatic heterocycles. The Kier molecular flexibility index (Phi) is 11.7. The number of thiophene rings is 1. The summed E-state index contributed by atoms with van der Waals surface area (Å²) in [7, 11) is -1.57. The molecule has 7 aromatic carbocycles. The molecule has 0 bridgehead atoms.